The monoisotopic (exact) mass is 395 g/mol. The molecule has 29 heavy (non-hydrogen) atoms. The van der Waals surface area contributed by atoms with E-state index < -0.39 is 0 Å². The van der Waals surface area contributed by atoms with Crippen molar-refractivity contribution in [2.45, 2.75) is 0 Å². The van der Waals surface area contributed by atoms with Crippen molar-refractivity contribution in [2.24, 2.45) is 0 Å². The molecule has 6 heterocycles. The van der Waals surface area contributed by atoms with Gasteiger partial charge in [-0.05, 0) is 29.6 Å². The number of aromatic nitrogens is 7. The minimum atomic E-state index is 0.770. The molecule has 138 valence electrons. The van der Waals surface area contributed by atoms with Crippen LogP contribution in [0.2, 0.25) is 0 Å². The Bertz CT molecular complexity index is 1450. The zero-order valence-corrected chi connectivity index (χ0v) is 15.8. The fraction of sp³-hybridized carbons (Fsp3) is 0. The predicted molar refractivity (Wildman–Crippen MR) is 113 cm³/mol. The highest BCUT2D eigenvalue weighted by Crippen LogP contribution is 2.35. The zero-order chi connectivity index (χ0) is 19.2. The predicted octanol–water partition coefficient (Wildman–Crippen LogP) is 4.69. The van der Waals surface area contributed by atoms with Gasteiger partial charge in [0.25, 0.3) is 0 Å². The minimum absolute atomic E-state index is 0.770. The van der Waals surface area contributed by atoms with Gasteiger partial charge in [-0.2, -0.15) is 5.10 Å². The third-order valence-electron chi connectivity index (χ3n) is 4.85. The van der Waals surface area contributed by atoms with Gasteiger partial charge < -0.3 is 4.98 Å². The van der Waals surface area contributed by atoms with Crippen LogP contribution in [0.1, 0.15) is 0 Å². The van der Waals surface area contributed by atoms with E-state index in [0.29, 0.717) is 0 Å². The fourth-order valence-electron chi connectivity index (χ4n) is 3.49. The van der Waals surface area contributed by atoms with Crippen LogP contribution in [0, 0.1) is 0 Å². The van der Waals surface area contributed by atoms with Crippen LogP contribution in [0.5, 0.6) is 0 Å². The topological polar surface area (TPSA) is 96.0 Å². The van der Waals surface area contributed by atoms with Gasteiger partial charge in [0.1, 0.15) is 17.5 Å². The number of aromatic amines is 2. The third kappa shape index (κ3) is 2.61. The van der Waals surface area contributed by atoms with Gasteiger partial charge in [-0.25, -0.2) is 15.0 Å². The first kappa shape index (κ1) is 16.1. The van der Waals surface area contributed by atoms with E-state index in [-0.39, 0.29) is 0 Å². The van der Waals surface area contributed by atoms with E-state index >= 15 is 0 Å². The standard InChI is InChI=1S/C21H13N7S/c1-2-19(29-5-1)14-9-22-10-18-13(14)6-17(25-18)21-20-16(27-28-21)4-3-15(26-20)12-7-23-11-24-8-12/h1-11,25H,(H,27,28). The van der Waals surface area contributed by atoms with Crippen LogP contribution >= 0.6 is 11.3 Å². The maximum atomic E-state index is 4.82. The summed E-state index contributed by atoms with van der Waals surface area (Å²) in [5.41, 5.74) is 7.07. The molecule has 2 N–H and O–H groups in total. The second kappa shape index (κ2) is 6.32. The Balaban J connectivity index is 1.53. The summed E-state index contributed by atoms with van der Waals surface area (Å²) in [4.78, 5) is 22.0. The smallest absolute Gasteiger partial charge is 0.135 e. The number of thiophene rings is 1. The molecule has 0 radical (unpaired) electrons. The van der Waals surface area contributed by atoms with E-state index in [9.17, 15) is 0 Å². The van der Waals surface area contributed by atoms with Crippen molar-refractivity contribution in [1.82, 2.24) is 35.1 Å². The SMILES string of the molecule is c1csc(-c2cncc3[nH]c(-c4n[nH]c5ccc(-c6cncnc6)nc45)cc23)c1. The summed E-state index contributed by atoms with van der Waals surface area (Å²) in [6, 6.07) is 10.2. The summed E-state index contributed by atoms with van der Waals surface area (Å²) in [5, 5.41) is 10.8. The Hall–Kier alpha value is -3.91. The number of nitrogens with one attached hydrogen (secondary N) is 2. The fourth-order valence-corrected chi connectivity index (χ4v) is 4.24. The highest BCUT2D eigenvalue weighted by Gasteiger charge is 2.16. The van der Waals surface area contributed by atoms with Crippen molar-refractivity contribution >= 4 is 33.3 Å². The van der Waals surface area contributed by atoms with Crippen molar-refractivity contribution in [3.05, 3.63) is 66.8 Å². The number of H-pyrrole nitrogens is 2. The normalized spacial score (nSPS) is 11.4. The van der Waals surface area contributed by atoms with E-state index in [2.05, 4.69) is 47.6 Å². The van der Waals surface area contributed by atoms with Gasteiger partial charge in [0, 0.05) is 40.0 Å². The Labute approximate surface area is 168 Å². The highest BCUT2D eigenvalue weighted by atomic mass is 32.1. The molecule has 6 aromatic rings. The number of rotatable bonds is 3. The van der Waals surface area contributed by atoms with Crippen LogP contribution in [0.25, 0.3) is 55.0 Å². The molecule has 0 bridgehead atoms. The number of pyridine rings is 2. The second-order valence-corrected chi connectivity index (χ2v) is 7.55. The van der Waals surface area contributed by atoms with E-state index in [4.69, 9.17) is 4.98 Å². The highest BCUT2D eigenvalue weighted by molar-refractivity contribution is 7.13. The van der Waals surface area contributed by atoms with Gasteiger partial charge >= 0.3 is 0 Å². The third-order valence-corrected chi connectivity index (χ3v) is 5.75. The molecular weight excluding hydrogens is 382 g/mol. The van der Waals surface area contributed by atoms with Crippen molar-refractivity contribution in [3.8, 4) is 33.1 Å². The lowest BCUT2D eigenvalue weighted by Gasteiger charge is -2.00. The molecule has 0 fully saturated rings. The van der Waals surface area contributed by atoms with Gasteiger partial charge in [0.2, 0.25) is 0 Å². The Morgan fingerprint density at radius 2 is 1.83 bits per heavy atom. The van der Waals surface area contributed by atoms with Crippen LogP contribution in [0.4, 0.5) is 0 Å². The summed E-state index contributed by atoms with van der Waals surface area (Å²) >= 11 is 1.70. The first-order valence-electron chi connectivity index (χ1n) is 8.98. The molecule has 0 aliphatic heterocycles. The summed E-state index contributed by atoms with van der Waals surface area (Å²) in [6.07, 6.45) is 8.76. The molecule has 0 spiro atoms. The van der Waals surface area contributed by atoms with Gasteiger partial charge in [-0.15, -0.1) is 11.3 Å². The van der Waals surface area contributed by atoms with Crippen LogP contribution < -0.4 is 0 Å². The Morgan fingerprint density at radius 1 is 0.897 bits per heavy atom. The number of nitrogens with zero attached hydrogens (tertiary/aromatic N) is 5. The molecule has 0 amide bonds. The molecule has 0 aliphatic carbocycles. The van der Waals surface area contributed by atoms with Crippen molar-refractivity contribution in [1.29, 1.82) is 0 Å². The largest absolute Gasteiger partial charge is 0.352 e. The molecule has 0 saturated heterocycles. The molecule has 6 rings (SSSR count). The van der Waals surface area contributed by atoms with Gasteiger partial charge in [0.15, 0.2) is 0 Å². The zero-order valence-electron chi connectivity index (χ0n) is 15.0. The lowest BCUT2D eigenvalue weighted by Crippen LogP contribution is -1.87. The number of hydrogen-bond donors (Lipinski definition) is 2. The summed E-state index contributed by atoms with van der Waals surface area (Å²) in [5.74, 6) is 0. The maximum absolute atomic E-state index is 4.82. The molecule has 6 aromatic heterocycles. The Morgan fingerprint density at radius 3 is 2.69 bits per heavy atom. The Kier molecular flexibility index (Phi) is 3.50. The molecular formula is C21H13N7S. The summed E-state index contributed by atoms with van der Waals surface area (Å²) in [6.45, 7) is 0. The van der Waals surface area contributed by atoms with Crippen LogP contribution in [-0.4, -0.2) is 35.1 Å². The number of hydrogen-bond acceptors (Lipinski definition) is 6. The summed E-state index contributed by atoms with van der Waals surface area (Å²) in [7, 11) is 0. The van der Waals surface area contributed by atoms with Crippen molar-refractivity contribution in [2.75, 3.05) is 0 Å². The van der Waals surface area contributed by atoms with Gasteiger partial charge in [-0.1, -0.05) is 6.07 Å². The molecule has 7 nitrogen and oxygen atoms in total. The second-order valence-electron chi connectivity index (χ2n) is 6.60. The molecule has 0 aliphatic rings. The van der Waals surface area contributed by atoms with Gasteiger partial charge in [0.05, 0.1) is 28.6 Å². The summed E-state index contributed by atoms with van der Waals surface area (Å²) < 4.78 is 0. The quantitative estimate of drug-likeness (QED) is 0.453. The molecule has 0 aromatic carbocycles. The first-order valence-corrected chi connectivity index (χ1v) is 9.86. The minimum Gasteiger partial charge on any atom is -0.352 e. The van der Waals surface area contributed by atoms with E-state index in [1.807, 2.05) is 30.6 Å². The van der Waals surface area contributed by atoms with E-state index in [1.54, 1.807) is 23.7 Å². The molecule has 0 saturated carbocycles. The molecule has 8 heteroatoms. The van der Waals surface area contributed by atoms with Crippen molar-refractivity contribution in [3.63, 3.8) is 0 Å². The lowest BCUT2D eigenvalue weighted by atomic mass is 10.1. The maximum Gasteiger partial charge on any atom is 0.135 e. The average molecular weight is 395 g/mol. The lowest BCUT2D eigenvalue weighted by molar-refractivity contribution is 1.12. The average Bonchev–Trinajstić information content (AvgIpc) is 3.52. The van der Waals surface area contributed by atoms with E-state index in [1.165, 1.54) is 11.2 Å². The molecule has 0 unspecified atom stereocenters. The van der Waals surface area contributed by atoms with Crippen LogP contribution in [-0.2, 0) is 0 Å². The van der Waals surface area contributed by atoms with Crippen LogP contribution in [0.15, 0.2) is 66.8 Å². The van der Waals surface area contributed by atoms with Gasteiger partial charge in [-0.3, -0.25) is 10.1 Å². The van der Waals surface area contributed by atoms with Crippen LogP contribution in [0.3, 0.4) is 0 Å². The molecule has 0 atom stereocenters. The van der Waals surface area contributed by atoms with E-state index in [0.717, 1.165) is 50.1 Å². The van der Waals surface area contributed by atoms with Crippen molar-refractivity contribution < 1.29 is 0 Å². The first-order chi connectivity index (χ1) is 14.4. The number of fused-ring (bicyclic) bond motifs is 2.